The molecule has 0 spiro atoms. The van der Waals surface area contributed by atoms with Crippen LogP contribution < -0.4 is 5.32 Å². The van der Waals surface area contributed by atoms with Crippen LogP contribution in [0.5, 0.6) is 0 Å². The molecule has 2 aromatic heterocycles. The molecule has 0 unspecified atom stereocenters. The SMILES string of the molecule is CCS(=O)(=O)c1cnccc1C(=O)Nc1ccc(C(F)(F)F)cn1. The number of amides is 1. The van der Waals surface area contributed by atoms with Crippen LogP contribution in [-0.4, -0.2) is 30.0 Å². The van der Waals surface area contributed by atoms with Crippen molar-refractivity contribution < 1.29 is 26.4 Å². The lowest BCUT2D eigenvalue weighted by atomic mass is 10.2. The molecule has 0 atom stereocenters. The molecule has 6 nitrogen and oxygen atoms in total. The van der Waals surface area contributed by atoms with E-state index in [9.17, 15) is 26.4 Å². The van der Waals surface area contributed by atoms with Gasteiger partial charge in [-0.2, -0.15) is 13.2 Å². The van der Waals surface area contributed by atoms with Gasteiger partial charge < -0.3 is 5.32 Å². The summed E-state index contributed by atoms with van der Waals surface area (Å²) in [6.07, 6.45) is -1.67. The number of nitrogens with one attached hydrogen (secondary N) is 1. The van der Waals surface area contributed by atoms with Gasteiger partial charge in [-0.3, -0.25) is 9.78 Å². The van der Waals surface area contributed by atoms with Crippen LogP contribution in [0.4, 0.5) is 19.0 Å². The molecule has 2 heterocycles. The van der Waals surface area contributed by atoms with E-state index in [4.69, 9.17) is 0 Å². The van der Waals surface area contributed by atoms with E-state index in [2.05, 4.69) is 15.3 Å². The van der Waals surface area contributed by atoms with E-state index < -0.39 is 27.5 Å². The Morgan fingerprint density at radius 3 is 2.46 bits per heavy atom. The van der Waals surface area contributed by atoms with Gasteiger partial charge in [0.05, 0.1) is 21.8 Å². The fourth-order valence-electron chi connectivity index (χ4n) is 1.79. The fourth-order valence-corrected chi connectivity index (χ4v) is 2.82. The Morgan fingerprint density at radius 1 is 1.21 bits per heavy atom. The lowest BCUT2D eigenvalue weighted by molar-refractivity contribution is -0.137. The first-order valence-electron chi connectivity index (χ1n) is 6.66. The number of rotatable bonds is 4. The summed E-state index contributed by atoms with van der Waals surface area (Å²) in [6, 6.07) is 2.96. The van der Waals surface area contributed by atoms with Crippen LogP contribution in [0.25, 0.3) is 0 Å². The molecule has 1 amide bonds. The zero-order valence-corrected chi connectivity index (χ0v) is 13.1. The Balaban J connectivity index is 2.29. The third-order valence-corrected chi connectivity index (χ3v) is 4.83. The molecule has 0 aliphatic heterocycles. The van der Waals surface area contributed by atoms with E-state index in [1.807, 2.05) is 0 Å². The van der Waals surface area contributed by atoms with Gasteiger partial charge in [-0.25, -0.2) is 13.4 Å². The molecule has 0 aromatic carbocycles. The fraction of sp³-hybridized carbons (Fsp3) is 0.214. The quantitative estimate of drug-likeness (QED) is 0.906. The predicted octanol–water partition coefficient (Wildman–Crippen LogP) is 2.54. The Kier molecular flexibility index (Phi) is 4.88. The summed E-state index contributed by atoms with van der Waals surface area (Å²) in [5, 5.41) is 2.26. The normalized spacial score (nSPS) is 12.0. The minimum absolute atomic E-state index is 0.135. The van der Waals surface area contributed by atoms with E-state index in [0.717, 1.165) is 18.3 Å². The smallest absolute Gasteiger partial charge is 0.307 e. The molecule has 0 radical (unpaired) electrons. The summed E-state index contributed by atoms with van der Waals surface area (Å²) in [5.74, 6) is -1.17. The zero-order chi connectivity index (χ0) is 18.0. The number of sulfone groups is 1. The molecule has 2 rings (SSSR count). The van der Waals surface area contributed by atoms with Crippen LogP contribution in [0.1, 0.15) is 22.8 Å². The minimum Gasteiger partial charge on any atom is -0.307 e. The maximum Gasteiger partial charge on any atom is 0.417 e. The van der Waals surface area contributed by atoms with Crippen molar-refractivity contribution in [1.29, 1.82) is 0 Å². The topological polar surface area (TPSA) is 89.0 Å². The number of nitrogens with zero attached hydrogens (tertiary/aromatic N) is 2. The van der Waals surface area contributed by atoms with Gasteiger partial charge in [0.2, 0.25) is 0 Å². The molecule has 1 N–H and O–H groups in total. The second-order valence-corrected chi connectivity index (χ2v) is 6.91. The highest BCUT2D eigenvalue weighted by Crippen LogP contribution is 2.29. The minimum atomic E-state index is -4.54. The largest absolute Gasteiger partial charge is 0.417 e. The monoisotopic (exact) mass is 359 g/mol. The maximum atomic E-state index is 12.5. The number of pyridine rings is 2. The first-order chi connectivity index (χ1) is 11.1. The highest BCUT2D eigenvalue weighted by Gasteiger charge is 2.30. The maximum absolute atomic E-state index is 12.5. The van der Waals surface area contributed by atoms with Crippen molar-refractivity contribution in [3.63, 3.8) is 0 Å². The van der Waals surface area contributed by atoms with Crippen LogP contribution in [0.2, 0.25) is 0 Å². The van der Waals surface area contributed by atoms with E-state index >= 15 is 0 Å². The van der Waals surface area contributed by atoms with Crippen molar-refractivity contribution in [3.05, 3.63) is 47.9 Å². The zero-order valence-electron chi connectivity index (χ0n) is 12.3. The number of anilines is 1. The molecule has 0 aliphatic carbocycles. The molecular weight excluding hydrogens is 347 g/mol. The third-order valence-electron chi connectivity index (χ3n) is 3.08. The molecule has 0 saturated carbocycles. The molecule has 10 heteroatoms. The van der Waals surface area contributed by atoms with Gasteiger partial charge >= 0.3 is 6.18 Å². The summed E-state index contributed by atoms with van der Waals surface area (Å²) >= 11 is 0. The molecule has 24 heavy (non-hydrogen) atoms. The van der Waals surface area contributed by atoms with Crippen molar-refractivity contribution in [2.24, 2.45) is 0 Å². The Bertz CT molecular complexity index is 850. The Morgan fingerprint density at radius 2 is 1.92 bits per heavy atom. The van der Waals surface area contributed by atoms with Crippen LogP contribution in [0.15, 0.2) is 41.7 Å². The molecule has 2 aromatic rings. The molecule has 0 saturated heterocycles. The Hall–Kier alpha value is -2.49. The summed E-state index contributed by atoms with van der Waals surface area (Å²) in [6.45, 7) is 1.42. The van der Waals surface area contributed by atoms with Crippen LogP contribution >= 0.6 is 0 Å². The second-order valence-electron chi connectivity index (χ2n) is 4.66. The molecule has 0 aliphatic rings. The van der Waals surface area contributed by atoms with Crippen LogP contribution in [0.3, 0.4) is 0 Å². The Labute approximate surface area is 135 Å². The first-order valence-corrected chi connectivity index (χ1v) is 8.31. The van der Waals surface area contributed by atoms with Gasteiger partial charge in [0.1, 0.15) is 5.82 Å². The van der Waals surface area contributed by atoms with Crippen molar-refractivity contribution >= 4 is 21.6 Å². The highest BCUT2D eigenvalue weighted by atomic mass is 32.2. The lowest BCUT2D eigenvalue weighted by Gasteiger charge is -2.10. The van der Waals surface area contributed by atoms with Crippen molar-refractivity contribution in [3.8, 4) is 0 Å². The lowest BCUT2D eigenvalue weighted by Crippen LogP contribution is -2.18. The number of hydrogen-bond acceptors (Lipinski definition) is 5. The van der Waals surface area contributed by atoms with E-state index in [1.165, 1.54) is 19.2 Å². The molecular formula is C14H12F3N3O3S. The summed E-state index contributed by atoms with van der Waals surface area (Å²) in [5.41, 5.74) is -1.12. The average Bonchev–Trinajstić information content (AvgIpc) is 2.54. The van der Waals surface area contributed by atoms with Gasteiger partial charge in [0.25, 0.3) is 5.91 Å². The van der Waals surface area contributed by atoms with E-state index in [-0.39, 0.29) is 22.0 Å². The number of hydrogen-bond donors (Lipinski definition) is 1. The first kappa shape index (κ1) is 17.9. The van der Waals surface area contributed by atoms with Crippen LogP contribution in [0, 0.1) is 0 Å². The standard InChI is InChI=1S/C14H12F3N3O3S/c1-2-24(22,23)11-8-18-6-5-10(11)13(21)20-12-4-3-9(7-19-12)14(15,16)17/h3-8H,2H2,1H3,(H,19,20,21). The van der Waals surface area contributed by atoms with Crippen molar-refractivity contribution in [1.82, 2.24) is 9.97 Å². The molecule has 0 bridgehead atoms. The van der Waals surface area contributed by atoms with Crippen molar-refractivity contribution in [2.75, 3.05) is 11.1 Å². The summed E-state index contributed by atoms with van der Waals surface area (Å²) in [7, 11) is -3.68. The van der Waals surface area contributed by atoms with Gasteiger partial charge in [0.15, 0.2) is 9.84 Å². The van der Waals surface area contributed by atoms with Gasteiger partial charge in [-0.15, -0.1) is 0 Å². The van der Waals surface area contributed by atoms with Crippen LogP contribution in [-0.2, 0) is 16.0 Å². The van der Waals surface area contributed by atoms with Crippen molar-refractivity contribution in [2.45, 2.75) is 18.0 Å². The number of carbonyl (C=O) groups is 1. The van der Waals surface area contributed by atoms with E-state index in [1.54, 1.807) is 0 Å². The van der Waals surface area contributed by atoms with Gasteiger partial charge in [-0.1, -0.05) is 6.92 Å². The molecule has 0 fully saturated rings. The van der Waals surface area contributed by atoms with E-state index in [0.29, 0.717) is 6.20 Å². The predicted molar refractivity (Wildman–Crippen MR) is 79.2 cm³/mol. The second kappa shape index (κ2) is 6.56. The third kappa shape index (κ3) is 3.88. The average molecular weight is 359 g/mol. The highest BCUT2D eigenvalue weighted by molar-refractivity contribution is 7.91. The number of halogens is 3. The number of carbonyl (C=O) groups excluding carboxylic acids is 1. The van der Waals surface area contributed by atoms with Gasteiger partial charge in [0, 0.05) is 18.6 Å². The summed E-state index contributed by atoms with van der Waals surface area (Å²) in [4.78, 5) is 19.2. The van der Waals surface area contributed by atoms with Gasteiger partial charge in [-0.05, 0) is 18.2 Å². The number of aromatic nitrogens is 2. The molecule has 128 valence electrons. The number of alkyl halides is 3. The summed E-state index contributed by atoms with van der Waals surface area (Å²) < 4.78 is 61.4.